The minimum atomic E-state index is -0.961. The Kier molecular flexibility index (Phi) is 3.56. The zero-order chi connectivity index (χ0) is 12.7. The average molecular weight is 297 g/mol. The van der Waals surface area contributed by atoms with Gasteiger partial charge in [0, 0.05) is 13.1 Å². The van der Waals surface area contributed by atoms with E-state index in [0.29, 0.717) is 37.8 Å². The monoisotopic (exact) mass is 296 g/mol. The standard InChI is InChI=1S/C10H14Cl2N2O2S/c1-9(6-10(9,11)12)7(15)13-8(17)14-2-4-16-5-3-14/h2-6H2,1H3,(H,13,15,17)/t9-/m0/s1. The largest absolute Gasteiger partial charge is 0.378 e. The lowest BCUT2D eigenvalue weighted by atomic mass is 10.1. The number of morpholine rings is 1. The molecule has 0 spiro atoms. The average Bonchev–Trinajstić information content (AvgIpc) is 2.81. The fraction of sp³-hybridized carbons (Fsp3) is 0.800. The lowest BCUT2D eigenvalue weighted by Gasteiger charge is -2.29. The summed E-state index contributed by atoms with van der Waals surface area (Å²) in [7, 11) is 0. The fourth-order valence-electron chi connectivity index (χ4n) is 1.73. The Morgan fingerprint density at radius 3 is 2.41 bits per heavy atom. The van der Waals surface area contributed by atoms with E-state index in [2.05, 4.69) is 5.32 Å². The number of nitrogens with one attached hydrogen (secondary N) is 1. The van der Waals surface area contributed by atoms with Gasteiger partial charge in [0.25, 0.3) is 0 Å². The molecule has 1 aliphatic heterocycles. The second kappa shape index (κ2) is 4.53. The number of halogens is 2. The van der Waals surface area contributed by atoms with Crippen LogP contribution in [0.1, 0.15) is 13.3 Å². The highest BCUT2D eigenvalue weighted by molar-refractivity contribution is 7.80. The number of ether oxygens (including phenoxy) is 1. The smallest absolute Gasteiger partial charge is 0.235 e. The molecular weight excluding hydrogens is 283 g/mol. The summed E-state index contributed by atoms with van der Waals surface area (Å²) in [4.78, 5) is 13.9. The molecule has 0 aromatic rings. The lowest BCUT2D eigenvalue weighted by molar-refractivity contribution is -0.124. The molecule has 1 atom stereocenters. The number of hydrogen-bond acceptors (Lipinski definition) is 3. The van der Waals surface area contributed by atoms with Gasteiger partial charge < -0.3 is 15.0 Å². The quantitative estimate of drug-likeness (QED) is 0.585. The van der Waals surface area contributed by atoms with E-state index >= 15 is 0 Å². The summed E-state index contributed by atoms with van der Waals surface area (Å²) in [6.45, 7) is 4.39. The zero-order valence-corrected chi connectivity index (χ0v) is 11.8. The molecule has 0 bridgehead atoms. The summed E-state index contributed by atoms with van der Waals surface area (Å²) in [5, 5.41) is 3.13. The van der Waals surface area contributed by atoms with Gasteiger partial charge in [0.2, 0.25) is 5.91 Å². The second-order valence-electron chi connectivity index (χ2n) is 4.57. The highest BCUT2D eigenvalue weighted by Crippen LogP contribution is 2.63. The second-order valence-corrected chi connectivity index (χ2v) is 6.44. The molecule has 96 valence electrons. The predicted molar refractivity (Wildman–Crippen MR) is 70.3 cm³/mol. The van der Waals surface area contributed by atoms with Crippen LogP contribution in [0.5, 0.6) is 0 Å². The molecule has 4 nitrogen and oxygen atoms in total. The number of hydrogen-bond donors (Lipinski definition) is 1. The first-order valence-corrected chi connectivity index (χ1v) is 6.59. The zero-order valence-electron chi connectivity index (χ0n) is 9.46. The highest BCUT2D eigenvalue weighted by Gasteiger charge is 2.68. The number of amides is 1. The van der Waals surface area contributed by atoms with Crippen molar-refractivity contribution in [3.8, 4) is 0 Å². The number of carbonyl (C=O) groups is 1. The first-order valence-electron chi connectivity index (χ1n) is 5.43. The van der Waals surface area contributed by atoms with E-state index in [9.17, 15) is 4.79 Å². The van der Waals surface area contributed by atoms with Crippen LogP contribution in [0.25, 0.3) is 0 Å². The van der Waals surface area contributed by atoms with E-state index in [1.54, 1.807) is 6.92 Å². The molecule has 0 radical (unpaired) electrons. The van der Waals surface area contributed by atoms with Gasteiger partial charge in [-0.15, -0.1) is 23.2 Å². The summed E-state index contributed by atoms with van der Waals surface area (Å²) in [5.74, 6) is -0.209. The Balaban J connectivity index is 1.89. The third kappa shape index (κ3) is 2.52. The minimum absolute atomic E-state index is 0.209. The number of nitrogens with zero attached hydrogens (tertiary/aromatic N) is 1. The van der Waals surface area contributed by atoms with Gasteiger partial charge in [-0.3, -0.25) is 4.79 Å². The maximum atomic E-state index is 12.0. The number of rotatable bonds is 1. The van der Waals surface area contributed by atoms with Gasteiger partial charge in [-0.25, -0.2) is 0 Å². The molecule has 1 saturated carbocycles. The fourth-order valence-corrected chi connectivity index (χ4v) is 2.71. The van der Waals surface area contributed by atoms with Crippen LogP contribution in [0.15, 0.2) is 0 Å². The summed E-state index contributed by atoms with van der Waals surface area (Å²) in [6, 6.07) is 0. The maximum Gasteiger partial charge on any atom is 0.235 e. The molecule has 0 aromatic heterocycles. The summed E-state index contributed by atoms with van der Waals surface area (Å²) in [5.41, 5.74) is -0.730. The van der Waals surface area contributed by atoms with Gasteiger partial charge in [-0.2, -0.15) is 0 Å². The van der Waals surface area contributed by atoms with Crippen LogP contribution in [-0.4, -0.2) is 46.6 Å². The maximum absolute atomic E-state index is 12.0. The molecule has 7 heteroatoms. The summed E-state index contributed by atoms with van der Waals surface area (Å²) in [6.07, 6.45) is 0.459. The van der Waals surface area contributed by atoms with E-state index in [0.717, 1.165) is 0 Å². The van der Waals surface area contributed by atoms with Crippen LogP contribution in [0.2, 0.25) is 0 Å². The Labute approximate surface area is 116 Å². The van der Waals surface area contributed by atoms with Gasteiger partial charge >= 0.3 is 0 Å². The first kappa shape index (κ1) is 13.3. The molecule has 1 heterocycles. The van der Waals surface area contributed by atoms with Crippen LogP contribution < -0.4 is 5.32 Å². The molecule has 1 saturated heterocycles. The third-order valence-electron chi connectivity index (χ3n) is 3.28. The molecular formula is C10H14Cl2N2O2S. The van der Waals surface area contributed by atoms with Gasteiger partial charge in [0.1, 0.15) is 4.33 Å². The topological polar surface area (TPSA) is 41.6 Å². The Morgan fingerprint density at radius 2 is 1.94 bits per heavy atom. The number of alkyl halides is 2. The Hall–Kier alpha value is -0.100. The molecule has 0 unspecified atom stereocenters. The van der Waals surface area contributed by atoms with Crippen LogP contribution in [-0.2, 0) is 9.53 Å². The molecule has 1 aliphatic carbocycles. The van der Waals surface area contributed by atoms with Crippen molar-refractivity contribution in [1.82, 2.24) is 10.2 Å². The molecule has 2 fully saturated rings. The molecule has 1 amide bonds. The van der Waals surface area contributed by atoms with E-state index in [4.69, 9.17) is 40.2 Å². The van der Waals surface area contributed by atoms with Crippen LogP contribution in [0.3, 0.4) is 0 Å². The lowest BCUT2D eigenvalue weighted by Crippen LogP contribution is -2.49. The van der Waals surface area contributed by atoms with Gasteiger partial charge in [0.05, 0.1) is 18.6 Å². The van der Waals surface area contributed by atoms with Gasteiger partial charge in [0.15, 0.2) is 5.11 Å². The van der Waals surface area contributed by atoms with Crippen LogP contribution in [0.4, 0.5) is 0 Å². The van der Waals surface area contributed by atoms with Crippen molar-refractivity contribution in [2.45, 2.75) is 17.7 Å². The van der Waals surface area contributed by atoms with Crippen molar-refractivity contribution in [3.05, 3.63) is 0 Å². The van der Waals surface area contributed by atoms with Gasteiger partial charge in [-0.1, -0.05) is 0 Å². The van der Waals surface area contributed by atoms with Crippen molar-refractivity contribution in [2.24, 2.45) is 5.41 Å². The molecule has 17 heavy (non-hydrogen) atoms. The molecule has 2 rings (SSSR count). The van der Waals surface area contributed by atoms with Crippen molar-refractivity contribution >= 4 is 46.4 Å². The molecule has 0 aromatic carbocycles. The van der Waals surface area contributed by atoms with Crippen molar-refractivity contribution in [2.75, 3.05) is 26.3 Å². The van der Waals surface area contributed by atoms with Crippen molar-refractivity contribution in [3.63, 3.8) is 0 Å². The van der Waals surface area contributed by atoms with Crippen LogP contribution in [0, 0.1) is 5.41 Å². The van der Waals surface area contributed by atoms with Crippen molar-refractivity contribution < 1.29 is 9.53 Å². The highest BCUT2D eigenvalue weighted by atomic mass is 35.5. The van der Waals surface area contributed by atoms with Crippen LogP contribution >= 0.6 is 35.4 Å². The van der Waals surface area contributed by atoms with Gasteiger partial charge in [-0.05, 0) is 25.6 Å². The summed E-state index contributed by atoms with van der Waals surface area (Å²) < 4.78 is 4.25. The predicted octanol–water partition coefficient (Wildman–Crippen LogP) is 1.30. The number of thiocarbonyl (C=S) groups is 1. The van der Waals surface area contributed by atoms with Crippen molar-refractivity contribution in [1.29, 1.82) is 0 Å². The first-order chi connectivity index (χ1) is 7.87. The summed E-state index contributed by atoms with van der Waals surface area (Å²) >= 11 is 17.1. The molecule has 1 N–H and O–H groups in total. The van der Waals surface area contributed by atoms with E-state index in [-0.39, 0.29) is 5.91 Å². The normalized spacial score (nSPS) is 30.9. The Morgan fingerprint density at radius 1 is 1.41 bits per heavy atom. The molecule has 2 aliphatic rings. The SMILES string of the molecule is C[C@@]1(C(=O)NC(=S)N2CCOCC2)CC1(Cl)Cl. The van der Waals surface area contributed by atoms with E-state index in [1.807, 2.05) is 4.90 Å². The third-order valence-corrected chi connectivity index (χ3v) is 4.74. The van der Waals surface area contributed by atoms with E-state index < -0.39 is 9.75 Å². The minimum Gasteiger partial charge on any atom is -0.378 e. The number of carbonyl (C=O) groups excluding carboxylic acids is 1. The Bertz CT molecular complexity index is 358. The van der Waals surface area contributed by atoms with E-state index in [1.165, 1.54) is 0 Å².